The summed E-state index contributed by atoms with van der Waals surface area (Å²) in [7, 11) is 1.65. The fraction of sp³-hybridized carbons (Fsp3) is 0.143. The predicted molar refractivity (Wildman–Crippen MR) is 141 cm³/mol. The molecular weight excluding hydrogens is 458 g/mol. The molecule has 0 amide bonds. The highest BCUT2D eigenvalue weighted by Gasteiger charge is 2.12. The van der Waals surface area contributed by atoms with Crippen molar-refractivity contribution in [2.24, 2.45) is 0 Å². The number of benzene rings is 3. The molecule has 0 spiro atoms. The second-order valence-corrected chi connectivity index (χ2v) is 9.32. The van der Waals surface area contributed by atoms with E-state index in [4.69, 9.17) is 9.47 Å². The molecule has 3 aromatic heterocycles. The molecule has 0 unspecified atom stereocenters. The third kappa shape index (κ3) is 3.94. The third-order valence-corrected chi connectivity index (χ3v) is 7.07. The number of aromatic nitrogens is 3. The van der Waals surface area contributed by atoms with Crippen molar-refractivity contribution in [3.8, 4) is 11.5 Å². The number of imidazole rings is 1. The van der Waals surface area contributed by atoms with Gasteiger partial charge in [-0.25, -0.2) is 9.38 Å². The van der Waals surface area contributed by atoms with E-state index in [-0.39, 0.29) is 5.56 Å². The maximum absolute atomic E-state index is 13.2. The Hall–Kier alpha value is -4.10. The summed E-state index contributed by atoms with van der Waals surface area (Å²) in [5.41, 5.74) is 3.83. The summed E-state index contributed by atoms with van der Waals surface area (Å²) in [6.45, 7) is 1.40. The van der Waals surface area contributed by atoms with Crippen molar-refractivity contribution in [2.75, 3.05) is 13.7 Å². The van der Waals surface area contributed by atoms with Crippen LogP contribution < -0.4 is 19.6 Å². The smallest absolute Gasteiger partial charge is 0.274 e. The van der Waals surface area contributed by atoms with Gasteiger partial charge >= 0.3 is 0 Å². The van der Waals surface area contributed by atoms with E-state index in [1.165, 1.54) is 11.3 Å². The number of para-hydroxylation sites is 3. The molecule has 3 heterocycles. The molecule has 0 saturated heterocycles. The molecule has 6 rings (SSSR count). The zero-order valence-electron chi connectivity index (χ0n) is 19.2. The average Bonchev–Trinajstić information content (AvgIpc) is 3.53. The van der Waals surface area contributed by atoms with E-state index in [1.807, 2.05) is 66.7 Å². The van der Waals surface area contributed by atoms with Crippen LogP contribution in [-0.2, 0) is 6.54 Å². The minimum atomic E-state index is -0.0257. The molecule has 0 fully saturated rings. The topological polar surface area (TPSA) is 57.8 Å². The zero-order valence-corrected chi connectivity index (χ0v) is 20.0. The predicted octanol–water partition coefficient (Wildman–Crippen LogP) is 4.89. The number of hydrogen-bond donors (Lipinski definition) is 0. The van der Waals surface area contributed by atoms with Crippen LogP contribution >= 0.6 is 11.3 Å². The first kappa shape index (κ1) is 21.4. The first-order chi connectivity index (χ1) is 17.2. The Labute approximate surface area is 205 Å². The van der Waals surface area contributed by atoms with E-state index in [2.05, 4.69) is 27.9 Å². The van der Waals surface area contributed by atoms with Gasteiger partial charge in [0.05, 0.1) is 29.3 Å². The number of nitrogens with zero attached hydrogens (tertiary/aromatic N) is 3. The van der Waals surface area contributed by atoms with Crippen molar-refractivity contribution >= 4 is 44.3 Å². The summed E-state index contributed by atoms with van der Waals surface area (Å²) in [5, 5.41) is 1.12. The normalized spacial score (nSPS) is 12.2. The van der Waals surface area contributed by atoms with Gasteiger partial charge in [-0.1, -0.05) is 47.7 Å². The number of hydrogen-bond acceptors (Lipinski definition) is 5. The standard InChI is InChI=1S/C28H23N3O3S/c1-33-20-8-6-9-21(17-20)34-15-7-14-30-18-19(22-10-2-4-12-24(22)30)16-26-27(32)31-25-13-5-3-11-23(25)29-28(31)35-26/h2-6,8-13,16-18H,7,14-15H2,1H3/b26-16-. The summed E-state index contributed by atoms with van der Waals surface area (Å²) in [4.78, 5) is 18.6. The minimum absolute atomic E-state index is 0.0257. The molecule has 7 heteroatoms. The first-order valence-electron chi connectivity index (χ1n) is 11.5. The summed E-state index contributed by atoms with van der Waals surface area (Å²) in [6.07, 6.45) is 4.96. The van der Waals surface area contributed by atoms with Gasteiger partial charge < -0.3 is 14.0 Å². The molecule has 0 saturated carbocycles. The molecular formula is C28H23N3O3S. The molecule has 0 N–H and O–H groups in total. The summed E-state index contributed by atoms with van der Waals surface area (Å²) < 4.78 is 15.8. The van der Waals surface area contributed by atoms with E-state index in [0.717, 1.165) is 56.9 Å². The Balaban J connectivity index is 1.29. The van der Waals surface area contributed by atoms with Crippen LogP contribution in [0.15, 0.2) is 83.8 Å². The van der Waals surface area contributed by atoms with Crippen molar-refractivity contribution in [1.29, 1.82) is 0 Å². The summed E-state index contributed by atoms with van der Waals surface area (Å²) in [6, 6.07) is 23.7. The molecule has 0 aliphatic heterocycles. The van der Waals surface area contributed by atoms with E-state index < -0.39 is 0 Å². The number of ether oxygens (including phenoxy) is 2. The fourth-order valence-corrected chi connectivity index (χ4v) is 5.42. The van der Waals surface area contributed by atoms with Gasteiger partial charge in [0.1, 0.15) is 11.5 Å². The molecule has 0 bridgehead atoms. The van der Waals surface area contributed by atoms with Crippen LogP contribution in [0.3, 0.4) is 0 Å². The molecule has 0 atom stereocenters. The number of fused-ring (bicyclic) bond motifs is 4. The van der Waals surface area contributed by atoms with E-state index in [1.54, 1.807) is 11.5 Å². The number of rotatable bonds is 7. The van der Waals surface area contributed by atoms with Gasteiger partial charge in [0.2, 0.25) is 0 Å². The van der Waals surface area contributed by atoms with Gasteiger partial charge in [0, 0.05) is 35.3 Å². The van der Waals surface area contributed by atoms with Crippen LogP contribution in [0, 0.1) is 0 Å². The highest BCUT2D eigenvalue weighted by Crippen LogP contribution is 2.23. The van der Waals surface area contributed by atoms with E-state index in [0.29, 0.717) is 11.1 Å². The van der Waals surface area contributed by atoms with Gasteiger partial charge in [0.25, 0.3) is 5.56 Å². The van der Waals surface area contributed by atoms with Crippen molar-refractivity contribution in [3.63, 3.8) is 0 Å². The van der Waals surface area contributed by atoms with Crippen LogP contribution in [0.5, 0.6) is 11.5 Å². The highest BCUT2D eigenvalue weighted by atomic mass is 32.1. The van der Waals surface area contributed by atoms with Crippen molar-refractivity contribution in [3.05, 3.63) is 99.4 Å². The van der Waals surface area contributed by atoms with Gasteiger partial charge in [-0.3, -0.25) is 4.79 Å². The van der Waals surface area contributed by atoms with E-state index >= 15 is 0 Å². The van der Waals surface area contributed by atoms with Crippen LogP contribution in [0.1, 0.15) is 12.0 Å². The molecule has 174 valence electrons. The fourth-order valence-electron chi connectivity index (χ4n) is 4.44. The lowest BCUT2D eigenvalue weighted by molar-refractivity contribution is 0.300. The van der Waals surface area contributed by atoms with Crippen LogP contribution in [-0.4, -0.2) is 27.7 Å². The quantitative estimate of drug-likeness (QED) is 0.305. The Kier molecular flexibility index (Phi) is 5.47. The molecule has 0 radical (unpaired) electrons. The lowest BCUT2D eigenvalue weighted by Gasteiger charge is -2.09. The first-order valence-corrected chi connectivity index (χ1v) is 12.3. The maximum atomic E-state index is 13.2. The Morgan fingerprint density at radius 1 is 0.971 bits per heavy atom. The van der Waals surface area contributed by atoms with Gasteiger partial charge in [-0.15, -0.1) is 0 Å². The number of thiazole rings is 1. The largest absolute Gasteiger partial charge is 0.497 e. The van der Waals surface area contributed by atoms with Crippen molar-refractivity contribution < 1.29 is 9.47 Å². The van der Waals surface area contributed by atoms with Crippen LogP contribution in [0.4, 0.5) is 0 Å². The van der Waals surface area contributed by atoms with Gasteiger partial charge in [0.15, 0.2) is 4.96 Å². The monoisotopic (exact) mass is 481 g/mol. The molecule has 3 aromatic carbocycles. The Morgan fingerprint density at radius 2 is 1.77 bits per heavy atom. The lowest BCUT2D eigenvalue weighted by atomic mass is 10.2. The van der Waals surface area contributed by atoms with Crippen LogP contribution in [0.25, 0.3) is 33.0 Å². The van der Waals surface area contributed by atoms with Gasteiger partial charge in [-0.2, -0.15) is 0 Å². The lowest BCUT2D eigenvalue weighted by Crippen LogP contribution is -2.22. The molecule has 0 aliphatic carbocycles. The molecule has 35 heavy (non-hydrogen) atoms. The second kappa shape index (κ2) is 8.92. The Morgan fingerprint density at radius 3 is 2.66 bits per heavy atom. The summed E-state index contributed by atoms with van der Waals surface area (Å²) >= 11 is 1.43. The van der Waals surface area contributed by atoms with Crippen LogP contribution in [0.2, 0.25) is 0 Å². The molecule has 0 aliphatic rings. The summed E-state index contributed by atoms with van der Waals surface area (Å²) in [5.74, 6) is 1.58. The molecule has 6 nitrogen and oxygen atoms in total. The average molecular weight is 482 g/mol. The second-order valence-electron chi connectivity index (χ2n) is 8.31. The SMILES string of the molecule is COc1cccc(OCCCn2cc(/C=c3\sc4nc5ccccc5n4c3=O)c3ccccc32)c1. The Bertz CT molecular complexity index is 1780. The third-order valence-electron chi connectivity index (χ3n) is 6.10. The number of aryl methyl sites for hydroxylation is 1. The van der Waals surface area contributed by atoms with E-state index in [9.17, 15) is 4.79 Å². The minimum Gasteiger partial charge on any atom is -0.497 e. The van der Waals surface area contributed by atoms with Gasteiger partial charge in [-0.05, 0) is 42.8 Å². The molecule has 6 aromatic rings. The van der Waals surface area contributed by atoms with Crippen molar-refractivity contribution in [1.82, 2.24) is 14.0 Å². The number of methoxy groups -OCH3 is 1. The maximum Gasteiger partial charge on any atom is 0.274 e. The van der Waals surface area contributed by atoms with Crippen molar-refractivity contribution in [2.45, 2.75) is 13.0 Å². The zero-order chi connectivity index (χ0) is 23.8. The highest BCUT2D eigenvalue weighted by molar-refractivity contribution is 7.15.